The summed E-state index contributed by atoms with van der Waals surface area (Å²) >= 11 is 7.50. The third-order valence-electron chi connectivity index (χ3n) is 6.14. The Morgan fingerprint density at radius 3 is 2.49 bits per heavy atom. The van der Waals surface area contributed by atoms with Gasteiger partial charge in [0, 0.05) is 5.56 Å². The van der Waals surface area contributed by atoms with E-state index in [-0.39, 0.29) is 22.6 Å². The number of halogens is 4. The van der Waals surface area contributed by atoms with E-state index in [4.69, 9.17) is 11.6 Å². The lowest BCUT2D eigenvalue weighted by Crippen LogP contribution is -2.31. The molecule has 15 heteroatoms. The standard InChI is InChI=1S/C28H21ClF3N7O3S/c1-16-11-22(29)23(12-17(16)2)39-24(40)14-43-27(39)35-26(41)36-34-13-18-3-5-19(6-4-18)25-33-15-38(37-25)20-7-9-21(10-8-20)42-28(30,31)32/h3-13,15H,14H2,1-2H3,(H,36,41)/b34-13+,35-27-. The summed E-state index contributed by atoms with van der Waals surface area (Å²) in [5, 5.41) is 8.88. The average Bonchev–Trinajstić information content (AvgIpc) is 3.58. The van der Waals surface area contributed by atoms with Gasteiger partial charge in [-0.05, 0) is 66.9 Å². The van der Waals surface area contributed by atoms with E-state index >= 15 is 0 Å². The molecule has 0 unspecified atom stereocenters. The van der Waals surface area contributed by atoms with Crippen LogP contribution in [0.1, 0.15) is 16.7 Å². The molecular weight excluding hydrogens is 607 g/mol. The van der Waals surface area contributed by atoms with Gasteiger partial charge in [-0.25, -0.2) is 19.9 Å². The highest BCUT2D eigenvalue weighted by molar-refractivity contribution is 8.15. The molecule has 4 aromatic rings. The molecule has 0 radical (unpaired) electrons. The maximum Gasteiger partial charge on any atom is 0.573 e. The van der Waals surface area contributed by atoms with E-state index in [0.29, 0.717) is 33.3 Å². The van der Waals surface area contributed by atoms with E-state index < -0.39 is 12.4 Å². The Morgan fingerprint density at radius 1 is 1.09 bits per heavy atom. The molecule has 5 rings (SSSR count). The number of alkyl halides is 3. The molecule has 43 heavy (non-hydrogen) atoms. The van der Waals surface area contributed by atoms with Crippen molar-refractivity contribution in [1.29, 1.82) is 0 Å². The van der Waals surface area contributed by atoms with Gasteiger partial charge in [-0.2, -0.15) is 10.1 Å². The van der Waals surface area contributed by atoms with Crippen molar-refractivity contribution >= 4 is 52.4 Å². The van der Waals surface area contributed by atoms with E-state index in [1.807, 2.05) is 13.8 Å². The highest BCUT2D eigenvalue weighted by Crippen LogP contribution is 2.34. The number of thioether (sulfide) groups is 1. The Balaban J connectivity index is 1.21. The topological polar surface area (TPSA) is 114 Å². The number of hydrogen-bond donors (Lipinski definition) is 1. The van der Waals surface area contributed by atoms with Crippen molar-refractivity contribution in [1.82, 2.24) is 20.2 Å². The molecule has 1 aromatic heterocycles. The van der Waals surface area contributed by atoms with Crippen LogP contribution in [0.3, 0.4) is 0 Å². The fourth-order valence-corrected chi connectivity index (χ4v) is 5.09. The van der Waals surface area contributed by atoms with Crippen LogP contribution in [0.5, 0.6) is 5.75 Å². The lowest BCUT2D eigenvalue weighted by atomic mass is 10.1. The van der Waals surface area contributed by atoms with Crippen molar-refractivity contribution < 1.29 is 27.5 Å². The first-order valence-electron chi connectivity index (χ1n) is 12.5. The number of hydrogen-bond acceptors (Lipinski definition) is 7. The smallest absolute Gasteiger partial charge is 0.406 e. The number of ether oxygens (including phenoxy) is 1. The van der Waals surface area contributed by atoms with Crippen LogP contribution in [0, 0.1) is 13.8 Å². The third kappa shape index (κ3) is 7.21. The van der Waals surface area contributed by atoms with Crippen LogP contribution >= 0.6 is 23.4 Å². The van der Waals surface area contributed by atoms with Gasteiger partial charge in [0.25, 0.3) is 0 Å². The first-order chi connectivity index (χ1) is 20.5. The normalized spacial score (nSPS) is 14.6. The minimum atomic E-state index is -4.77. The van der Waals surface area contributed by atoms with Crippen molar-refractivity contribution in [2.45, 2.75) is 20.2 Å². The van der Waals surface area contributed by atoms with Gasteiger partial charge in [0.2, 0.25) is 5.91 Å². The number of benzene rings is 3. The van der Waals surface area contributed by atoms with Crippen LogP contribution in [0.25, 0.3) is 17.1 Å². The Kier molecular flexibility index (Phi) is 8.50. The van der Waals surface area contributed by atoms with E-state index in [1.54, 1.807) is 36.4 Å². The number of urea groups is 1. The predicted octanol–water partition coefficient (Wildman–Crippen LogP) is 6.28. The Labute approximate surface area is 252 Å². The van der Waals surface area contributed by atoms with Gasteiger partial charge >= 0.3 is 12.4 Å². The van der Waals surface area contributed by atoms with Crippen LogP contribution in [-0.4, -0.2) is 50.2 Å². The summed E-state index contributed by atoms with van der Waals surface area (Å²) < 4.78 is 42.4. The molecule has 0 atom stereocenters. The minimum Gasteiger partial charge on any atom is -0.406 e. The van der Waals surface area contributed by atoms with Gasteiger partial charge in [0.1, 0.15) is 12.1 Å². The zero-order valence-electron chi connectivity index (χ0n) is 22.5. The summed E-state index contributed by atoms with van der Waals surface area (Å²) in [4.78, 5) is 34.5. The molecule has 2 heterocycles. The summed E-state index contributed by atoms with van der Waals surface area (Å²) in [6, 6.07) is 15.0. The number of nitrogens with one attached hydrogen (secondary N) is 1. The van der Waals surface area contributed by atoms with Crippen LogP contribution in [-0.2, 0) is 4.79 Å². The SMILES string of the molecule is Cc1cc(Cl)c(N2C(=O)CS/C2=N\C(=O)N/N=C/c2ccc(-c3ncn(-c4ccc(OC(F)(F)F)cc4)n3)cc2)cc1C. The first-order valence-corrected chi connectivity index (χ1v) is 13.9. The molecule has 10 nitrogen and oxygen atoms in total. The largest absolute Gasteiger partial charge is 0.573 e. The maximum absolute atomic E-state index is 12.5. The van der Waals surface area contributed by atoms with Crippen LogP contribution in [0.4, 0.5) is 23.7 Å². The molecule has 1 aliphatic rings. The molecule has 1 aliphatic heterocycles. The lowest BCUT2D eigenvalue weighted by molar-refractivity contribution is -0.274. The second-order valence-electron chi connectivity index (χ2n) is 9.15. The van der Waals surface area contributed by atoms with Crippen molar-refractivity contribution in [3.63, 3.8) is 0 Å². The minimum absolute atomic E-state index is 0.126. The number of carbonyl (C=O) groups excluding carboxylic acids is 2. The summed E-state index contributed by atoms with van der Waals surface area (Å²) in [7, 11) is 0. The Bertz CT molecular complexity index is 1740. The highest BCUT2D eigenvalue weighted by Gasteiger charge is 2.32. The molecule has 0 bridgehead atoms. The zero-order chi connectivity index (χ0) is 30.7. The molecule has 1 N–H and O–H groups in total. The molecular formula is C28H21ClF3N7O3S. The summed E-state index contributed by atoms with van der Waals surface area (Å²) in [6.45, 7) is 3.82. The fourth-order valence-electron chi connectivity index (χ4n) is 3.93. The summed E-state index contributed by atoms with van der Waals surface area (Å²) in [5.74, 6) is -0.0612. The zero-order valence-corrected chi connectivity index (χ0v) is 24.0. The number of aryl methyl sites for hydroxylation is 2. The molecule has 3 amide bonds. The number of carbonyl (C=O) groups is 2. The van der Waals surface area contributed by atoms with Gasteiger partial charge in [0.15, 0.2) is 11.0 Å². The first kappa shape index (κ1) is 29.8. The molecule has 0 aliphatic carbocycles. The summed E-state index contributed by atoms with van der Waals surface area (Å²) in [5.41, 5.74) is 6.54. The Morgan fingerprint density at radius 2 is 1.79 bits per heavy atom. The molecule has 3 aromatic carbocycles. The number of aliphatic imine (C=N–C) groups is 1. The lowest BCUT2D eigenvalue weighted by Gasteiger charge is -2.18. The van der Waals surface area contributed by atoms with Gasteiger partial charge < -0.3 is 4.74 Å². The third-order valence-corrected chi connectivity index (χ3v) is 7.36. The highest BCUT2D eigenvalue weighted by atomic mass is 35.5. The second-order valence-corrected chi connectivity index (χ2v) is 10.5. The maximum atomic E-state index is 12.5. The average molecular weight is 628 g/mol. The van der Waals surface area contributed by atoms with Crippen molar-refractivity contribution in [2.75, 3.05) is 10.7 Å². The van der Waals surface area contributed by atoms with Crippen LogP contribution in [0.15, 0.2) is 77.1 Å². The van der Waals surface area contributed by atoms with Crippen molar-refractivity contribution in [2.24, 2.45) is 10.1 Å². The molecule has 0 saturated carbocycles. The van der Waals surface area contributed by atoms with Crippen LogP contribution in [0.2, 0.25) is 5.02 Å². The van der Waals surface area contributed by atoms with Crippen molar-refractivity contribution in [3.05, 3.63) is 88.7 Å². The van der Waals surface area contributed by atoms with E-state index in [1.165, 1.54) is 46.4 Å². The van der Waals surface area contributed by atoms with E-state index in [0.717, 1.165) is 22.9 Å². The molecule has 0 spiro atoms. The number of amidine groups is 1. The van der Waals surface area contributed by atoms with Crippen molar-refractivity contribution in [3.8, 4) is 22.8 Å². The van der Waals surface area contributed by atoms with Gasteiger partial charge in [-0.15, -0.1) is 18.3 Å². The van der Waals surface area contributed by atoms with E-state index in [9.17, 15) is 22.8 Å². The predicted molar refractivity (Wildman–Crippen MR) is 158 cm³/mol. The number of nitrogens with zero attached hydrogens (tertiary/aromatic N) is 6. The molecule has 1 fully saturated rings. The second kappa shape index (κ2) is 12.3. The fraction of sp³-hybridized carbons (Fsp3) is 0.143. The molecule has 220 valence electrons. The van der Waals surface area contributed by atoms with E-state index in [2.05, 4.69) is 30.3 Å². The number of hydrazone groups is 1. The van der Waals surface area contributed by atoms with Gasteiger partial charge in [0.05, 0.1) is 28.4 Å². The van der Waals surface area contributed by atoms with Gasteiger partial charge in [-0.3, -0.25) is 9.69 Å². The monoisotopic (exact) mass is 627 g/mol. The number of rotatable bonds is 6. The quantitative estimate of drug-likeness (QED) is 0.199. The number of amides is 3. The molecule has 1 saturated heterocycles. The number of anilines is 1. The van der Waals surface area contributed by atoms with Gasteiger partial charge in [-0.1, -0.05) is 47.6 Å². The van der Waals surface area contributed by atoms with Crippen LogP contribution < -0.4 is 15.1 Å². The Hall–Kier alpha value is -4.69. The number of aromatic nitrogens is 3. The summed E-state index contributed by atoms with van der Waals surface area (Å²) in [6.07, 6.45) is -1.91.